The molecule has 3 nitrogen and oxygen atoms in total. The monoisotopic (exact) mass is 340 g/mol. The zero-order valence-electron chi connectivity index (χ0n) is 13.4. The van der Waals surface area contributed by atoms with Gasteiger partial charge in [-0.3, -0.25) is 4.79 Å². The molecule has 0 aliphatic carbocycles. The number of fused-ring (bicyclic) bond motifs is 1. The minimum atomic E-state index is -0.436. The molecule has 3 rings (SSSR count). The molecule has 0 fully saturated rings. The lowest BCUT2D eigenvalue weighted by atomic mass is 9.98. The standard InChI is InChI=1S/C20H17ClO3/c1-20(2)12-11-15-18(24-20)10-8-14(19(15)23)17(22)9-7-13-5-3-4-6-16(13)21/h3-12,23H,1-2H3/b9-7+. The third kappa shape index (κ3) is 3.22. The Morgan fingerprint density at radius 3 is 2.71 bits per heavy atom. The molecule has 4 heteroatoms. The maximum Gasteiger partial charge on any atom is 0.189 e. The predicted molar refractivity (Wildman–Crippen MR) is 96.7 cm³/mol. The highest BCUT2D eigenvalue weighted by atomic mass is 35.5. The molecule has 0 saturated carbocycles. The van der Waals surface area contributed by atoms with Gasteiger partial charge in [-0.15, -0.1) is 0 Å². The van der Waals surface area contributed by atoms with Crippen LogP contribution in [0.15, 0.2) is 48.6 Å². The Hall–Kier alpha value is -2.52. The number of allylic oxidation sites excluding steroid dienone is 1. The van der Waals surface area contributed by atoms with Crippen LogP contribution in [0, 0.1) is 0 Å². The van der Waals surface area contributed by atoms with Gasteiger partial charge >= 0.3 is 0 Å². The number of ether oxygens (including phenoxy) is 1. The summed E-state index contributed by atoms with van der Waals surface area (Å²) in [6.45, 7) is 3.85. The smallest absolute Gasteiger partial charge is 0.189 e. The van der Waals surface area contributed by atoms with E-state index < -0.39 is 5.60 Å². The lowest BCUT2D eigenvalue weighted by Crippen LogP contribution is -2.27. The maximum absolute atomic E-state index is 12.4. The molecule has 0 bridgehead atoms. The van der Waals surface area contributed by atoms with Gasteiger partial charge in [0.15, 0.2) is 5.78 Å². The van der Waals surface area contributed by atoms with Gasteiger partial charge in [-0.1, -0.05) is 29.8 Å². The molecule has 0 spiro atoms. The van der Waals surface area contributed by atoms with Crippen LogP contribution in [0.5, 0.6) is 11.5 Å². The summed E-state index contributed by atoms with van der Waals surface area (Å²) >= 11 is 6.07. The molecule has 2 aromatic rings. The van der Waals surface area contributed by atoms with Crippen molar-refractivity contribution in [2.24, 2.45) is 0 Å². The number of ketones is 1. The highest BCUT2D eigenvalue weighted by molar-refractivity contribution is 6.32. The largest absolute Gasteiger partial charge is 0.506 e. The molecule has 1 aliphatic heterocycles. The van der Waals surface area contributed by atoms with Crippen molar-refractivity contribution in [1.82, 2.24) is 0 Å². The number of phenolic OH excluding ortho intramolecular Hbond substituents is 1. The Morgan fingerprint density at radius 1 is 1.21 bits per heavy atom. The van der Waals surface area contributed by atoms with Gasteiger partial charge in [-0.2, -0.15) is 0 Å². The molecule has 0 aromatic heterocycles. The summed E-state index contributed by atoms with van der Waals surface area (Å²) in [4.78, 5) is 12.4. The highest BCUT2D eigenvalue weighted by Crippen LogP contribution is 2.38. The second kappa shape index (κ2) is 6.17. The van der Waals surface area contributed by atoms with Crippen LogP contribution in [0.25, 0.3) is 12.2 Å². The van der Waals surface area contributed by atoms with Crippen molar-refractivity contribution >= 4 is 29.5 Å². The van der Waals surface area contributed by atoms with E-state index >= 15 is 0 Å². The van der Waals surface area contributed by atoms with Crippen molar-refractivity contribution in [2.75, 3.05) is 0 Å². The number of benzene rings is 2. The third-order valence-corrected chi connectivity index (χ3v) is 4.13. The molecular weight excluding hydrogens is 324 g/mol. The van der Waals surface area contributed by atoms with Crippen LogP contribution in [0.1, 0.15) is 35.3 Å². The zero-order valence-corrected chi connectivity index (χ0v) is 14.2. The summed E-state index contributed by atoms with van der Waals surface area (Å²) < 4.78 is 5.79. The minimum Gasteiger partial charge on any atom is -0.506 e. The Labute approximate surface area is 145 Å². The molecule has 122 valence electrons. The topological polar surface area (TPSA) is 46.5 Å². The van der Waals surface area contributed by atoms with Crippen molar-refractivity contribution in [1.29, 1.82) is 0 Å². The molecule has 2 aromatic carbocycles. The Balaban J connectivity index is 1.91. The Kier molecular flexibility index (Phi) is 4.20. The summed E-state index contributed by atoms with van der Waals surface area (Å²) in [5.41, 5.74) is 1.06. The van der Waals surface area contributed by atoms with E-state index in [1.807, 2.05) is 38.1 Å². The Bertz CT molecular complexity index is 863. The summed E-state index contributed by atoms with van der Waals surface area (Å²) in [5.74, 6) is 0.188. The molecule has 1 N–H and O–H groups in total. The van der Waals surface area contributed by atoms with Gasteiger partial charge in [0.1, 0.15) is 17.1 Å². The van der Waals surface area contributed by atoms with Crippen LogP contribution in [0.3, 0.4) is 0 Å². The predicted octanol–water partition coefficient (Wildman–Crippen LogP) is 5.13. The number of rotatable bonds is 3. The fraction of sp³-hybridized carbons (Fsp3) is 0.150. The van der Waals surface area contributed by atoms with E-state index in [0.29, 0.717) is 16.3 Å². The van der Waals surface area contributed by atoms with E-state index in [1.165, 1.54) is 6.08 Å². The molecule has 1 heterocycles. The van der Waals surface area contributed by atoms with E-state index in [-0.39, 0.29) is 17.1 Å². The summed E-state index contributed by atoms with van der Waals surface area (Å²) in [5, 5.41) is 11.0. The molecule has 1 aliphatic rings. The van der Waals surface area contributed by atoms with Crippen LogP contribution in [0.2, 0.25) is 5.02 Å². The molecular formula is C20H17ClO3. The highest BCUT2D eigenvalue weighted by Gasteiger charge is 2.25. The van der Waals surface area contributed by atoms with E-state index in [4.69, 9.17) is 16.3 Å². The van der Waals surface area contributed by atoms with Gasteiger partial charge in [0.25, 0.3) is 0 Å². The number of aromatic hydroxyl groups is 1. The van der Waals surface area contributed by atoms with Crippen molar-refractivity contribution in [3.05, 3.63) is 70.3 Å². The van der Waals surface area contributed by atoms with Gasteiger partial charge < -0.3 is 9.84 Å². The second-order valence-corrected chi connectivity index (χ2v) is 6.54. The third-order valence-electron chi connectivity index (χ3n) is 3.79. The average Bonchev–Trinajstić information content (AvgIpc) is 2.53. The van der Waals surface area contributed by atoms with Crippen molar-refractivity contribution in [2.45, 2.75) is 19.4 Å². The van der Waals surface area contributed by atoms with Crippen molar-refractivity contribution < 1.29 is 14.6 Å². The number of carbonyl (C=O) groups is 1. The second-order valence-electron chi connectivity index (χ2n) is 6.13. The zero-order chi connectivity index (χ0) is 17.3. The fourth-order valence-electron chi connectivity index (χ4n) is 2.51. The molecule has 0 amide bonds. The van der Waals surface area contributed by atoms with E-state index in [9.17, 15) is 9.90 Å². The normalized spacial score (nSPS) is 15.1. The van der Waals surface area contributed by atoms with Gasteiger partial charge in [0.05, 0.1) is 11.1 Å². The van der Waals surface area contributed by atoms with Crippen LogP contribution < -0.4 is 4.74 Å². The average molecular weight is 341 g/mol. The van der Waals surface area contributed by atoms with Crippen LogP contribution >= 0.6 is 11.6 Å². The number of hydrogen-bond donors (Lipinski definition) is 1. The van der Waals surface area contributed by atoms with Gasteiger partial charge in [-0.05, 0) is 61.9 Å². The maximum atomic E-state index is 12.4. The first-order valence-electron chi connectivity index (χ1n) is 7.58. The quantitative estimate of drug-likeness (QED) is 0.622. The fourth-order valence-corrected chi connectivity index (χ4v) is 2.70. The molecule has 0 saturated heterocycles. The molecule has 0 unspecified atom stereocenters. The van der Waals surface area contributed by atoms with Gasteiger partial charge in [0, 0.05) is 5.02 Å². The minimum absolute atomic E-state index is 0.0759. The van der Waals surface area contributed by atoms with Crippen LogP contribution in [0.4, 0.5) is 0 Å². The van der Waals surface area contributed by atoms with E-state index in [1.54, 1.807) is 30.4 Å². The van der Waals surface area contributed by atoms with Gasteiger partial charge in [0.2, 0.25) is 0 Å². The van der Waals surface area contributed by atoms with Crippen LogP contribution in [-0.2, 0) is 0 Å². The Morgan fingerprint density at radius 2 is 1.96 bits per heavy atom. The van der Waals surface area contributed by atoms with Crippen LogP contribution in [-0.4, -0.2) is 16.5 Å². The summed E-state index contributed by atoms with van der Waals surface area (Å²) in [6.07, 6.45) is 6.67. The molecule has 0 atom stereocenters. The first-order valence-corrected chi connectivity index (χ1v) is 7.96. The van der Waals surface area contributed by atoms with E-state index in [0.717, 1.165) is 5.56 Å². The first kappa shape index (κ1) is 16.3. The number of phenols is 1. The van der Waals surface area contributed by atoms with Crippen molar-refractivity contribution in [3.8, 4) is 11.5 Å². The SMILES string of the molecule is CC1(C)C=Cc2c(ccc(C(=O)/C=C/c3ccccc3Cl)c2O)O1. The lowest BCUT2D eigenvalue weighted by molar-refractivity contribution is 0.104. The molecule has 24 heavy (non-hydrogen) atoms. The van der Waals surface area contributed by atoms with E-state index in [2.05, 4.69) is 0 Å². The number of halogens is 1. The summed E-state index contributed by atoms with van der Waals surface area (Å²) in [6, 6.07) is 10.5. The number of carbonyl (C=O) groups excluding carboxylic acids is 1. The van der Waals surface area contributed by atoms with Crippen molar-refractivity contribution in [3.63, 3.8) is 0 Å². The number of hydrogen-bond acceptors (Lipinski definition) is 3. The van der Waals surface area contributed by atoms with Gasteiger partial charge in [-0.25, -0.2) is 0 Å². The molecule has 0 radical (unpaired) electrons. The first-order chi connectivity index (χ1) is 11.4. The summed E-state index contributed by atoms with van der Waals surface area (Å²) in [7, 11) is 0. The lowest BCUT2D eigenvalue weighted by Gasteiger charge is -2.28.